The fourth-order valence-electron chi connectivity index (χ4n) is 3.35. The number of nitrogens with zero attached hydrogens (tertiary/aromatic N) is 2. The molecule has 3 aromatic rings. The van der Waals surface area contributed by atoms with Gasteiger partial charge in [0.1, 0.15) is 5.75 Å². The summed E-state index contributed by atoms with van der Waals surface area (Å²) in [6.45, 7) is 7.85. The molecule has 6 heteroatoms. The van der Waals surface area contributed by atoms with E-state index in [2.05, 4.69) is 11.1 Å². The highest BCUT2D eigenvalue weighted by Gasteiger charge is 2.20. The van der Waals surface area contributed by atoms with Gasteiger partial charge < -0.3 is 4.74 Å². The first-order chi connectivity index (χ1) is 13.8. The molecule has 0 unspecified atom stereocenters. The largest absolute Gasteiger partial charge is 0.440 e. The third-order valence-corrected chi connectivity index (χ3v) is 4.57. The van der Waals surface area contributed by atoms with Gasteiger partial charge >= 0.3 is 5.69 Å². The van der Waals surface area contributed by atoms with Crippen LogP contribution >= 0.6 is 0 Å². The lowest BCUT2D eigenvalue weighted by Gasteiger charge is -2.19. The van der Waals surface area contributed by atoms with Crippen molar-refractivity contribution in [1.29, 1.82) is 5.26 Å². The Morgan fingerprint density at radius 1 is 1.10 bits per heavy atom. The third-order valence-electron chi connectivity index (χ3n) is 4.57. The smallest absolute Gasteiger partial charge is 0.331 e. The summed E-state index contributed by atoms with van der Waals surface area (Å²) in [5.74, 6) is 0.631. The van der Waals surface area contributed by atoms with Gasteiger partial charge in [0, 0.05) is 0 Å². The van der Waals surface area contributed by atoms with Crippen molar-refractivity contribution in [3.8, 4) is 17.7 Å². The molecule has 3 rings (SSSR count). The molecule has 0 bridgehead atoms. The van der Waals surface area contributed by atoms with Crippen LogP contribution in [-0.4, -0.2) is 9.55 Å². The number of hydrogen-bond acceptors (Lipinski definition) is 4. The number of ether oxygens (including phenoxy) is 1. The summed E-state index contributed by atoms with van der Waals surface area (Å²) in [7, 11) is 0. The van der Waals surface area contributed by atoms with E-state index in [0.29, 0.717) is 16.9 Å². The summed E-state index contributed by atoms with van der Waals surface area (Å²) in [6.07, 6.45) is 0. The van der Waals surface area contributed by atoms with Crippen LogP contribution in [0, 0.1) is 25.2 Å². The van der Waals surface area contributed by atoms with Gasteiger partial charge in [-0.15, -0.1) is 0 Å². The molecule has 1 N–H and O–H groups in total. The number of aryl methyl sites for hydroxylation is 2. The SMILES string of the molecule is Cc1cc(C)cc(Oc2c(C(C)C)c(=O)[nH]c(=O)n2Cc2cccc(C#N)c2)c1. The molecule has 0 fully saturated rings. The van der Waals surface area contributed by atoms with Crippen molar-refractivity contribution in [3.63, 3.8) is 0 Å². The second-order valence-corrected chi connectivity index (χ2v) is 7.46. The van der Waals surface area contributed by atoms with Crippen LogP contribution in [0.25, 0.3) is 0 Å². The zero-order valence-corrected chi connectivity index (χ0v) is 16.9. The summed E-state index contributed by atoms with van der Waals surface area (Å²) in [5.41, 5.74) is 2.70. The molecular formula is C23H23N3O3. The minimum Gasteiger partial charge on any atom is -0.440 e. The zero-order valence-electron chi connectivity index (χ0n) is 16.9. The lowest BCUT2D eigenvalue weighted by Crippen LogP contribution is -2.34. The molecule has 29 heavy (non-hydrogen) atoms. The molecular weight excluding hydrogens is 366 g/mol. The van der Waals surface area contributed by atoms with Gasteiger partial charge in [-0.3, -0.25) is 14.3 Å². The van der Waals surface area contributed by atoms with Crippen molar-refractivity contribution in [2.75, 3.05) is 0 Å². The predicted molar refractivity (Wildman–Crippen MR) is 112 cm³/mol. The number of nitrogens with one attached hydrogen (secondary N) is 1. The highest BCUT2D eigenvalue weighted by molar-refractivity contribution is 5.39. The van der Waals surface area contributed by atoms with Crippen molar-refractivity contribution < 1.29 is 4.74 Å². The zero-order chi connectivity index (χ0) is 21.1. The maximum atomic E-state index is 12.7. The number of aromatic nitrogens is 2. The molecule has 1 heterocycles. The molecule has 0 radical (unpaired) electrons. The molecule has 0 aliphatic carbocycles. The molecule has 0 aliphatic rings. The molecule has 0 spiro atoms. The minimum atomic E-state index is -0.555. The Morgan fingerprint density at radius 3 is 2.41 bits per heavy atom. The highest BCUT2D eigenvalue weighted by atomic mass is 16.5. The first-order valence-electron chi connectivity index (χ1n) is 9.40. The fourth-order valence-corrected chi connectivity index (χ4v) is 3.35. The second kappa shape index (κ2) is 8.19. The van der Waals surface area contributed by atoms with E-state index in [-0.39, 0.29) is 18.3 Å². The summed E-state index contributed by atoms with van der Waals surface area (Å²) in [6, 6.07) is 14.9. The molecule has 0 saturated carbocycles. The summed E-state index contributed by atoms with van der Waals surface area (Å²) in [4.78, 5) is 27.6. The summed E-state index contributed by atoms with van der Waals surface area (Å²) < 4.78 is 7.54. The molecule has 0 amide bonds. The van der Waals surface area contributed by atoms with E-state index in [1.165, 1.54) is 4.57 Å². The third kappa shape index (κ3) is 4.46. The molecule has 6 nitrogen and oxygen atoms in total. The average Bonchev–Trinajstić information content (AvgIpc) is 2.63. The number of benzene rings is 2. The first kappa shape index (κ1) is 20.2. The van der Waals surface area contributed by atoms with Crippen LogP contribution in [0.1, 0.15) is 47.6 Å². The van der Waals surface area contributed by atoms with Crippen LogP contribution in [0.4, 0.5) is 0 Å². The Balaban J connectivity index is 2.19. The highest BCUT2D eigenvalue weighted by Crippen LogP contribution is 2.29. The summed E-state index contributed by atoms with van der Waals surface area (Å²) in [5, 5.41) is 9.15. The maximum Gasteiger partial charge on any atom is 0.331 e. The van der Waals surface area contributed by atoms with Gasteiger partial charge in [-0.2, -0.15) is 5.26 Å². The van der Waals surface area contributed by atoms with Crippen LogP contribution in [-0.2, 0) is 6.54 Å². The van der Waals surface area contributed by atoms with Gasteiger partial charge in [0.05, 0.1) is 23.7 Å². The van der Waals surface area contributed by atoms with Gasteiger partial charge in [0.15, 0.2) is 0 Å². The Bertz CT molecular complexity index is 1190. The molecule has 0 atom stereocenters. The summed E-state index contributed by atoms with van der Waals surface area (Å²) >= 11 is 0. The topological polar surface area (TPSA) is 87.9 Å². The molecule has 1 aromatic heterocycles. The van der Waals surface area contributed by atoms with Gasteiger partial charge in [0.2, 0.25) is 5.88 Å². The number of hydrogen-bond donors (Lipinski definition) is 1. The lowest BCUT2D eigenvalue weighted by atomic mass is 10.1. The van der Waals surface area contributed by atoms with Crippen LogP contribution in [0.15, 0.2) is 52.1 Å². The Labute approximate surface area is 169 Å². The van der Waals surface area contributed by atoms with Crippen molar-refractivity contribution in [3.05, 3.63) is 91.1 Å². The Morgan fingerprint density at radius 2 is 1.79 bits per heavy atom. The normalized spacial score (nSPS) is 10.8. The first-order valence-corrected chi connectivity index (χ1v) is 9.40. The van der Waals surface area contributed by atoms with Gasteiger partial charge in [-0.05, 0) is 60.7 Å². The Kier molecular flexibility index (Phi) is 5.69. The lowest BCUT2D eigenvalue weighted by molar-refractivity contribution is 0.410. The van der Waals surface area contributed by atoms with E-state index in [1.54, 1.807) is 18.2 Å². The van der Waals surface area contributed by atoms with Crippen molar-refractivity contribution in [2.45, 2.75) is 40.2 Å². The monoisotopic (exact) mass is 389 g/mol. The Hall–Kier alpha value is -3.59. The standard InChI is InChI=1S/C23H23N3O3/c1-14(2)20-21(27)25-23(28)26(13-18-7-5-6-17(11-18)12-24)22(20)29-19-9-15(3)8-16(4)10-19/h5-11,14H,13H2,1-4H3,(H,25,27,28). The fraction of sp³-hybridized carbons (Fsp3) is 0.261. The van der Waals surface area contributed by atoms with Gasteiger partial charge in [0.25, 0.3) is 5.56 Å². The van der Waals surface area contributed by atoms with E-state index in [4.69, 9.17) is 10.00 Å². The van der Waals surface area contributed by atoms with Gasteiger partial charge in [-0.25, -0.2) is 4.79 Å². The van der Waals surface area contributed by atoms with Crippen molar-refractivity contribution in [2.24, 2.45) is 0 Å². The van der Waals surface area contributed by atoms with Crippen LogP contribution in [0.5, 0.6) is 11.6 Å². The number of nitriles is 1. The number of rotatable bonds is 5. The van der Waals surface area contributed by atoms with Crippen LogP contribution < -0.4 is 16.0 Å². The second-order valence-electron chi connectivity index (χ2n) is 7.46. The van der Waals surface area contributed by atoms with Crippen LogP contribution in [0.3, 0.4) is 0 Å². The van der Waals surface area contributed by atoms with Crippen molar-refractivity contribution in [1.82, 2.24) is 9.55 Å². The molecule has 0 aliphatic heterocycles. The molecule has 2 aromatic carbocycles. The quantitative estimate of drug-likeness (QED) is 0.715. The minimum absolute atomic E-state index is 0.156. The number of aromatic amines is 1. The average molecular weight is 389 g/mol. The van der Waals surface area contributed by atoms with E-state index in [0.717, 1.165) is 16.7 Å². The van der Waals surface area contributed by atoms with Crippen LogP contribution in [0.2, 0.25) is 0 Å². The number of H-pyrrole nitrogens is 1. The molecule has 148 valence electrons. The van der Waals surface area contributed by atoms with E-state index >= 15 is 0 Å². The van der Waals surface area contributed by atoms with Gasteiger partial charge in [-0.1, -0.05) is 32.0 Å². The predicted octanol–water partition coefficient (Wildman–Crippen LogP) is 3.99. The maximum absolute atomic E-state index is 12.7. The van der Waals surface area contributed by atoms with E-state index in [9.17, 15) is 9.59 Å². The van der Waals surface area contributed by atoms with E-state index in [1.807, 2.05) is 52.0 Å². The van der Waals surface area contributed by atoms with Crippen molar-refractivity contribution >= 4 is 0 Å². The molecule has 0 saturated heterocycles. The van der Waals surface area contributed by atoms with E-state index < -0.39 is 11.2 Å².